The first-order chi connectivity index (χ1) is 10.7. The molecule has 2 aliphatic rings. The number of hydrogen-bond donors (Lipinski definition) is 1. The molecule has 2 N–H and O–H groups in total. The molecule has 5 nitrogen and oxygen atoms in total. The zero-order valence-electron chi connectivity index (χ0n) is 14.1. The van der Waals surface area contributed by atoms with Crippen LogP contribution in [0.4, 0.5) is 4.39 Å². The Labute approximate surface area is 133 Å². The molecule has 2 aliphatic heterocycles. The minimum atomic E-state index is -0.855. The first kappa shape index (κ1) is 17.8. The van der Waals surface area contributed by atoms with Crippen molar-refractivity contribution in [2.45, 2.75) is 38.0 Å². The van der Waals surface area contributed by atoms with Crippen molar-refractivity contribution in [1.29, 1.82) is 0 Å². The van der Waals surface area contributed by atoms with E-state index in [1.165, 1.54) is 0 Å². The van der Waals surface area contributed by atoms with Crippen LogP contribution >= 0.6 is 0 Å². The summed E-state index contributed by atoms with van der Waals surface area (Å²) in [6, 6.07) is -0.357. The van der Waals surface area contributed by atoms with Crippen LogP contribution in [-0.2, 0) is 4.74 Å². The first-order valence-corrected chi connectivity index (χ1v) is 8.59. The summed E-state index contributed by atoms with van der Waals surface area (Å²) < 4.78 is 21.7. The summed E-state index contributed by atoms with van der Waals surface area (Å²) in [6.45, 7) is 9.18. The molecule has 6 heteroatoms. The average Bonchev–Trinajstić information content (AvgIpc) is 2.49. The van der Waals surface area contributed by atoms with Crippen molar-refractivity contribution in [3.63, 3.8) is 0 Å². The maximum Gasteiger partial charge on any atom is 0.176 e. The fourth-order valence-electron chi connectivity index (χ4n) is 3.61. The molecule has 2 heterocycles. The van der Waals surface area contributed by atoms with Crippen LogP contribution in [0.3, 0.4) is 0 Å². The van der Waals surface area contributed by atoms with Crippen molar-refractivity contribution >= 4 is 6.21 Å². The summed E-state index contributed by atoms with van der Waals surface area (Å²) in [6.07, 6.45) is 3.27. The number of methoxy groups -OCH3 is 1. The zero-order chi connectivity index (χ0) is 15.9. The zero-order valence-corrected chi connectivity index (χ0v) is 14.1. The monoisotopic (exact) mass is 315 g/mol. The normalized spacial score (nSPS) is 31.3. The third-order valence-corrected chi connectivity index (χ3v) is 4.72. The Bertz CT molecular complexity index is 358. The van der Waals surface area contributed by atoms with E-state index in [-0.39, 0.29) is 12.1 Å². The number of nitrogens with two attached hydrogens (primary N) is 1. The molecule has 3 atom stereocenters. The number of halogens is 1. The predicted molar refractivity (Wildman–Crippen MR) is 87.5 cm³/mol. The standard InChI is InChI=1S/C16H32FN4O/c1-3-5-20-12-14(17)16(15(18)13-20)21-9-7-19(8-10-21)6-4-11-22-2/h13-16H,3-12,18H2,1-2H3/q+1. The van der Waals surface area contributed by atoms with Crippen LogP contribution in [0.5, 0.6) is 0 Å². The number of hydrogen-bond acceptors (Lipinski definition) is 4. The van der Waals surface area contributed by atoms with Crippen molar-refractivity contribution in [2.24, 2.45) is 5.73 Å². The highest BCUT2D eigenvalue weighted by Gasteiger charge is 2.40. The molecular formula is C16H32FN4O+. The Balaban J connectivity index is 1.83. The molecule has 0 aromatic rings. The molecule has 2 rings (SSSR count). The van der Waals surface area contributed by atoms with Crippen LogP contribution < -0.4 is 5.73 Å². The minimum Gasteiger partial charge on any atom is -0.385 e. The van der Waals surface area contributed by atoms with Gasteiger partial charge in [0.25, 0.3) is 0 Å². The van der Waals surface area contributed by atoms with Crippen LogP contribution in [-0.4, -0.2) is 98.4 Å². The molecule has 3 unspecified atom stereocenters. The van der Waals surface area contributed by atoms with E-state index in [0.717, 1.165) is 58.7 Å². The molecule has 0 aromatic carbocycles. The van der Waals surface area contributed by atoms with Crippen LogP contribution in [0.25, 0.3) is 0 Å². The van der Waals surface area contributed by atoms with Crippen LogP contribution in [0.1, 0.15) is 19.8 Å². The molecule has 0 bridgehead atoms. The van der Waals surface area contributed by atoms with Crippen molar-refractivity contribution in [1.82, 2.24) is 9.80 Å². The lowest BCUT2D eigenvalue weighted by atomic mass is 9.98. The Morgan fingerprint density at radius 1 is 1.32 bits per heavy atom. The van der Waals surface area contributed by atoms with Gasteiger partial charge in [0, 0.05) is 52.9 Å². The third-order valence-electron chi connectivity index (χ3n) is 4.72. The Hall–Kier alpha value is -0.560. The molecule has 0 spiro atoms. The van der Waals surface area contributed by atoms with E-state index >= 15 is 0 Å². The van der Waals surface area contributed by atoms with Crippen molar-refractivity contribution in [3.8, 4) is 0 Å². The lowest BCUT2D eigenvalue weighted by molar-refractivity contribution is -0.537. The highest BCUT2D eigenvalue weighted by Crippen LogP contribution is 2.17. The second-order valence-electron chi connectivity index (χ2n) is 6.45. The van der Waals surface area contributed by atoms with E-state index in [9.17, 15) is 4.39 Å². The van der Waals surface area contributed by atoms with Gasteiger partial charge in [-0.2, -0.15) is 0 Å². The SMILES string of the molecule is CCC[N+]1=CC(N)C(N2CCN(CCCOC)CC2)C(F)C1. The first-order valence-electron chi connectivity index (χ1n) is 8.59. The van der Waals surface area contributed by atoms with E-state index in [1.807, 2.05) is 10.8 Å². The molecule has 0 saturated carbocycles. The number of piperazine rings is 1. The van der Waals surface area contributed by atoms with Crippen molar-refractivity contribution < 1.29 is 13.7 Å². The van der Waals surface area contributed by atoms with Gasteiger partial charge < -0.3 is 15.4 Å². The van der Waals surface area contributed by atoms with Gasteiger partial charge in [0.05, 0.1) is 6.04 Å². The molecule has 0 radical (unpaired) electrons. The summed E-state index contributed by atoms with van der Waals surface area (Å²) in [4.78, 5) is 4.69. The van der Waals surface area contributed by atoms with Gasteiger partial charge in [0.15, 0.2) is 18.9 Å². The van der Waals surface area contributed by atoms with E-state index in [0.29, 0.717) is 6.54 Å². The lowest BCUT2D eigenvalue weighted by Crippen LogP contribution is -2.63. The summed E-state index contributed by atoms with van der Waals surface area (Å²) in [5.74, 6) is 0. The van der Waals surface area contributed by atoms with Crippen molar-refractivity contribution in [2.75, 3.05) is 59.5 Å². The molecule has 0 aromatic heterocycles. The highest BCUT2D eigenvalue weighted by molar-refractivity contribution is 5.61. The van der Waals surface area contributed by atoms with Gasteiger partial charge >= 0.3 is 0 Å². The molecule has 1 saturated heterocycles. The highest BCUT2D eigenvalue weighted by atomic mass is 19.1. The lowest BCUT2D eigenvalue weighted by Gasteiger charge is -2.42. The minimum absolute atomic E-state index is 0.158. The van der Waals surface area contributed by atoms with Gasteiger partial charge in [-0.3, -0.25) is 4.90 Å². The number of nitrogens with zero attached hydrogens (tertiary/aromatic N) is 3. The maximum absolute atomic E-state index is 14.6. The average molecular weight is 315 g/mol. The Morgan fingerprint density at radius 3 is 2.64 bits per heavy atom. The second-order valence-corrected chi connectivity index (χ2v) is 6.45. The largest absolute Gasteiger partial charge is 0.385 e. The predicted octanol–water partition coefficient (Wildman–Crippen LogP) is 0.181. The van der Waals surface area contributed by atoms with Gasteiger partial charge in [-0.25, -0.2) is 8.97 Å². The fourth-order valence-corrected chi connectivity index (χ4v) is 3.61. The van der Waals surface area contributed by atoms with E-state index < -0.39 is 6.17 Å². The molecule has 1 fully saturated rings. The third kappa shape index (κ3) is 4.72. The number of rotatable bonds is 7. The Morgan fingerprint density at radius 2 is 2.05 bits per heavy atom. The van der Waals surface area contributed by atoms with Gasteiger partial charge in [0.2, 0.25) is 0 Å². The van der Waals surface area contributed by atoms with E-state index in [1.54, 1.807) is 7.11 Å². The molecule has 0 aliphatic carbocycles. The summed E-state index contributed by atoms with van der Waals surface area (Å²) in [5, 5.41) is 0. The summed E-state index contributed by atoms with van der Waals surface area (Å²) >= 11 is 0. The van der Waals surface area contributed by atoms with Crippen molar-refractivity contribution in [3.05, 3.63) is 0 Å². The molecule has 0 amide bonds. The van der Waals surface area contributed by atoms with Crippen LogP contribution in [0.2, 0.25) is 0 Å². The second kappa shape index (κ2) is 8.91. The van der Waals surface area contributed by atoms with Gasteiger partial charge in [-0.1, -0.05) is 6.92 Å². The fraction of sp³-hybridized carbons (Fsp3) is 0.938. The van der Waals surface area contributed by atoms with E-state index in [2.05, 4.69) is 16.7 Å². The molecule has 22 heavy (non-hydrogen) atoms. The molecular weight excluding hydrogens is 283 g/mol. The topological polar surface area (TPSA) is 44.7 Å². The van der Waals surface area contributed by atoms with Gasteiger partial charge in [0.1, 0.15) is 12.6 Å². The van der Waals surface area contributed by atoms with Crippen LogP contribution in [0.15, 0.2) is 0 Å². The van der Waals surface area contributed by atoms with Crippen LogP contribution in [0, 0.1) is 0 Å². The summed E-state index contributed by atoms with van der Waals surface area (Å²) in [7, 11) is 1.74. The summed E-state index contributed by atoms with van der Waals surface area (Å²) in [5.41, 5.74) is 6.24. The maximum atomic E-state index is 14.6. The quantitative estimate of drug-likeness (QED) is 0.538. The number of alkyl halides is 1. The van der Waals surface area contributed by atoms with Gasteiger partial charge in [-0.05, 0) is 6.42 Å². The van der Waals surface area contributed by atoms with Gasteiger partial charge in [-0.15, -0.1) is 0 Å². The van der Waals surface area contributed by atoms with E-state index in [4.69, 9.17) is 10.5 Å². The Kier molecular flexibility index (Phi) is 7.21. The smallest absolute Gasteiger partial charge is 0.176 e. The molecule has 128 valence electrons. The number of ether oxygens (including phenoxy) is 1.